The number of hydrogen-bond donors (Lipinski definition) is 0. The quantitative estimate of drug-likeness (QED) is 0.795. The summed E-state index contributed by atoms with van der Waals surface area (Å²) in [6.45, 7) is 3.24. The lowest BCUT2D eigenvalue weighted by Crippen LogP contribution is -1.97. The van der Waals surface area contributed by atoms with Gasteiger partial charge in [0.25, 0.3) is 0 Å². The summed E-state index contributed by atoms with van der Waals surface area (Å²) in [5, 5.41) is 0. The summed E-state index contributed by atoms with van der Waals surface area (Å²) in [6.07, 6.45) is 1.41. The zero-order valence-electron chi connectivity index (χ0n) is 12.1. The van der Waals surface area contributed by atoms with Crippen molar-refractivity contribution in [2.45, 2.75) is 19.8 Å². The highest BCUT2D eigenvalue weighted by molar-refractivity contribution is 5.97. The van der Waals surface area contributed by atoms with Crippen LogP contribution in [0.2, 0.25) is 0 Å². The van der Waals surface area contributed by atoms with Gasteiger partial charge >= 0.3 is 0 Å². The van der Waals surface area contributed by atoms with Crippen LogP contribution < -0.4 is 9.47 Å². The molecule has 1 heterocycles. The average Bonchev–Trinajstić information content (AvgIpc) is 2.78. The summed E-state index contributed by atoms with van der Waals surface area (Å²) < 4.78 is 11.4. The van der Waals surface area contributed by atoms with E-state index in [1.807, 2.05) is 49.4 Å². The summed E-state index contributed by atoms with van der Waals surface area (Å²) in [5.41, 5.74) is 2.80. The first-order valence-corrected chi connectivity index (χ1v) is 7.31. The van der Waals surface area contributed by atoms with Gasteiger partial charge in [-0.3, -0.25) is 4.79 Å². The van der Waals surface area contributed by atoms with Gasteiger partial charge < -0.3 is 9.47 Å². The second-order valence-corrected chi connectivity index (χ2v) is 5.07. The van der Waals surface area contributed by atoms with Crippen LogP contribution in [0.15, 0.2) is 42.5 Å². The second-order valence-electron chi connectivity index (χ2n) is 5.07. The van der Waals surface area contributed by atoms with Crippen LogP contribution in [-0.4, -0.2) is 19.0 Å². The van der Waals surface area contributed by atoms with Gasteiger partial charge in [0.1, 0.15) is 0 Å². The lowest BCUT2D eigenvalue weighted by atomic mass is 10.00. The molecule has 0 saturated heterocycles. The van der Waals surface area contributed by atoms with Crippen LogP contribution in [0.4, 0.5) is 0 Å². The minimum atomic E-state index is 0.159. The lowest BCUT2D eigenvalue weighted by molar-refractivity contribution is 0.0988. The molecule has 1 aliphatic rings. The first-order chi connectivity index (χ1) is 10.3. The molecular formula is C18H18O3. The zero-order valence-corrected chi connectivity index (χ0v) is 12.1. The van der Waals surface area contributed by atoms with Crippen molar-refractivity contribution in [3.63, 3.8) is 0 Å². The van der Waals surface area contributed by atoms with Gasteiger partial charge in [-0.05, 0) is 29.3 Å². The van der Waals surface area contributed by atoms with E-state index in [0.29, 0.717) is 19.6 Å². The summed E-state index contributed by atoms with van der Waals surface area (Å²) in [4.78, 5) is 11.8. The predicted molar refractivity (Wildman–Crippen MR) is 82.1 cm³/mol. The summed E-state index contributed by atoms with van der Waals surface area (Å²) in [5.74, 6) is 1.72. The smallest absolute Gasteiger partial charge is 0.162 e. The van der Waals surface area contributed by atoms with Gasteiger partial charge in [-0.1, -0.05) is 31.2 Å². The molecular weight excluding hydrogens is 264 g/mol. The van der Waals surface area contributed by atoms with Crippen molar-refractivity contribution in [1.29, 1.82) is 0 Å². The number of fused-ring (bicyclic) bond motifs is 1. The van der Waals surface area contributed by atoms with Crippen molar-refractivity contribution < 1.29 is 14.3 Å². The SMILES string of the molecule is CCC(=O)c1cccc(-c2ccc3c(c2)OCCCO3)c1. The third-order valence-electron chi connectivity index (χ3n) is 3.59. The molecule has 3 nitrogen and oxygen atoms in total. The van der Waals surface area contributed by atoms with Crippen LogP contribution in [-0.2, 0) is 0 Å². The number of ketones is 1. The van der Waals surface area contributed by atoms with E-state index in [1.165, 1.54) is 0 Å². The molecule has 0 atom stereocenters. The Kier molecular flexibility index (Phi) is 3.91. The molecule has 0 bridgehead atoms. The minimum absolute atomic E-state index is 0.159. The van der Waals surface area contributed by atoms with Crippen LogP contribution >= 0.6 is 0 Å². The van der Waals surface area contributed by atoms with E-state index in [9.17, 15) is 4.79 Å². The van der Waals surface area contributed by atoms with Gasteiger partial charge in [0.2, 0.25) is 0 Å². The topological polar surface area (TPSA) is 35.5 Å². The Morgan fingerprint density at radius 1 is 1.00 bits per heavy atom. The molecule has 0 amide bonds. The molecule has 2 aromatic carbocycles. The normalized spacial score (nSPS) is 13.6. The molecule has 21 heavy (non-hydrogen) atoms. The number of benzene rings is 2. The highest BCUT2D eigenvalue weighted by atomic mass is 16.5. The molecule has 3 rings (SSSR count). The fourth-order valence-corrected chi connectivity index (χ4v) is 2.42. The van der Waals surface area contributed by atoms with Gasteiger partial charge in [-0.25, -0.2) is 0 Å². The highest BCUT2D eigenvalue weighted by Gasteiger charge is 2.12. The van der Waals surface area contributed by atoms with E-state index in [2.05, 4.69) is 0 Å². The average molecular weight is 282 g/mol. The monoisotopic (exact) mass is 282 g/mol. The van der Waals surface area contributed by atoms with E-state index in [4.69, 9.17) is 9.47 Å². The Morgan fingerprint density at radius 3 is 2.57 bits per heavy atom. The maximum absolute atomic E-state index is 11.8. The molecule has 2 aromatic rings. The van der Waals surface area contributed by atoms with E-state index in [1.54, 1.807) is 0 Å². The molecule has 0 unspecified atom stereocenters. The van der Waals surface area contributed by atoms with Gasteiger partial charge in [-0.15, -0.1) is 0 Å². The largest absolute Gasteiger partial charge is 0.490 e. The fourth-order valence-electron chi connectivity index (χ4n) is 2.42. The van der Waals surface area contributed by atoms with Crippen molar-refractivity contribution in [3.8, 4) is 22.6 Å². The Hall–Kier alpha value is -2.29. The van der Waals surface area contributed by atoms with Crippen molar-refractivity contribution in [2.24, 2.45) is 0 Å². The van der Waals surface area contributed by atoms with E-state index < -0.39 is 0 Å². The maximum Gasteiger partial charge on any atom is 0.162 e. The third-order valence-corrected chi connectivity index (χ3v) is 3.59. The summed E-state index contributed by atoms with van der Waals surface area (Å²) in [6, 6.07) is 13.6. The zero-order chi connectivity index (χ0) is 14.7. The molecule has 1 aliphatic heterocycles. The van der Waals surface area contributed by atoms with Gasteiger partial charge in [0.15, 0.2) is 17.3 Å². The molecule has 0 saturated carbocycles. The van der Waals surface area contributed by atoms with Gasteiger partial charge in [0.05, 0.1) is 13.2 Å². The van der Waals surface area contributed by atoms with Crippen LogP contribution in [0.1, 0.15) is 30.1 Å². The Labute approximate surface area is 124 Å². The number of hydrogen-bond acceptors (Lipinski definition) is 3. The molecule has 0 N–H and O–H groups in total. The van der Waals surface area contributed by atoms with Crippen LogP contribution in [0.5, 0.6) is 11.5 Å². The molecule has 0 aromatic heterocycles. The second kappa shape index (κ2) is 6.00. The molecule has 3 heteroatoms. The van der Waals surface area contributed by atoms with Gasteiger partial charge in [0, 0.05) is 18.4 Å². The number of carbonyl (C=O) groups is 1. The van der Waals surface area contributed by atoms with E-state index in [-0.39, 0.29) is 5.78 Å². The molecule has 0 fully saturated rings. The first kappa shape index (κ1) is 13.7. The molecule has 0 spiro atoms. The van der Waals surface area contributed by atoms with Crippen molar-refractivity contribution >= 4 is 5.78 Å². The van der Waals surface area contributed by atoms with Crippen molar-refractivity contribution in [2.75, 3.05) is 13.2 Å². The number of Topliss-reactive ketones (excluding diaryl/α,β-unsaturated/α-hetero) is 1. The standard InChI is InChI=1S/C18H18O3/c1-2-16(19)15-6-3-5-13(11-15)14-7-8-17-18(12-14)21-10-4-9-20-17/h3,5-8,11-12H,2,4,9-10H2,1H3. The lowest BCUT2D eigenvalue weighted by Gasteiger charge is -2.10. The molecule has 0 aliphatic carbocycles. The number of rotatable bonds is 3. The highest BCUT2D eigenvalue weighted by Crippen LogP contribution is 2.34. The van der Waals surface area contributed by atoms with Crippen LogP contribution in [0.25, 0.3) is 11.1 Å². The van der Waals surface area contributed by atoms with Crippen LogP contribution in [0, 0.1) is 0 Å². The Morgan fingerprint density at radius 2 is 1.76 bits per heavy atom. The number of carbonyl (C=O) groups excluding carboxylic acids is 1. The first-order valence-electron chi connectivity index (χ1n) is 7.31. The van der Waals surface area contributed by atoms with Crippen LogP contribution in [0.3, 0.4) is 0 Å². The maximum atomic E-state index is 11.8. The van der Waals surface area contributed by atoms with E-state index >= 15 is 0 Å². The van der Waals surface area contributed by atoms with E-state index in [0.717, 1.165) is 34.6 Å². The summed E-state index contributed by atoms with van der Waals surface area (Å²) >= 11 is 0. The fraction of sp³-hybridized carbons (Fsp3) is 0.278. The third kappa shape index (κ3) is 2.92. The Balaban J connectivity index is 1.97. The predicted octanol–water partition coefficient (Wildman–Crippen LogP) is 4.11. The molecule has 0 radical (unpaired) electrons. The minimum Gasteiger partial charge on any atom is -0.490 e. The van der Waals surface area contributed by atoms with Gasteiger partial charge in [-0.2, -0.15) is 0 Å². The Bertz CT molecular complexity index is 661. The number of ether oxygens (including phenoxy) is 2. The van der Waals surface area contributed by atoms with Crippen molar-refractivity contribution in [1.82, 2.24) is 0 Å². The molecule has 108 valence electrons. The van der Waals surface area contributed by atoms with Crippen molar-refractivity contribution in [3.05, 3.63) is 48.0 Å². The summed E-state index contributed by atoms with van der Waals surface area (Å²) in [7, 11) is 0.